The Morgan fingerprint density at radius 3 is 2.80 bits per heavy atom. The molecule has 3 nitrogen and oxygen atoms in total. The van der Waals surface area contributed by atoms with Crippen LogP contribution in [0.1, 0.15) is 32.6 Å². The van der Waals surface area contributed by atoms with Gasteiger partial charge >= 0.3 is 0 Å². The predicted molar refractivity (Wildman–Crippen MR) is 84.2 cm³/mol. The van der Waals surface area contributed by atoms with Crippen LogP contribution in [-0.2, 0) is 0 Å². The Balaban J connectivity index is 1.91. The van der Waals surface area contributed by atoms with Crippen molar-refractivity contribution in [2.75, 3.05) is 11.2 Å². The van der Waals surface area contributed by atoms with Gasteiger partial charge in [0, 0.05) is 11.3 Å². The second kappa shape index (κ2) is 5.57. The van der Waals surface area contributed by atoms with Crippen molar-refractivity contribution in [3.8, 4) is 0 Å². The van der Waals surface area contributed by atoms with Gasteiger partial charge in [-0.05, 0) is 37.7 Å². The van der Waals surface area contributed by atoms with E-state index in [1.54, 1.807) is 0 Å². The molecule has 0 aliphatic heterocycles. The molecular formula is C16H20ClN3. The van der Waals surface area contributed by atoms with Crippen LogP contribution in [0.4, 0.5) is 5.69 Å². The maximum atomic E-state index is 6.29. The number of rotatable bonds is 3. The van der Waals surface area contributed by atoms with Crippen molar-refractivity contribution in [1.82, 2.24) is 10.2 Å². The molecule has 20 heavy (non-hydrogen) atoms. The van der Waals surface area contributed by atoms with Crippen LogP contribution in [0.15, 0.2) is 30.5 Å². The van der Waals surface area contributed by atoms with Gasteiger partial charge in [-0.3, -0.25) is 0 Å². The molecule has 1 aromatic carbocycles. The third-order valence-electron chi connectivity index (χ3n) is 4.43. The largest absolute Gasteiger partial charge is 0.377 e. The Bertz CT molecular complexity index is 586. The quantitative estimate of drug-likeness (QED) is 0.859. The van der Waals surface area contributed by atoms with Crippen molar-refractivity contribution in [1.29, 1.82) is 0 Å². The van der Waals surface area contributed by atoms with Crippen LogP contribution in [0, 0.1) is 5.92 Å². The molecule has 2 aromatic rings. The van der Waals surface area contributed by atoms with E-state index in [0.717, 1.165) is 35.3 Å². The van der Waals surface area contributed by atoms with Crippen molar-refractivity contribution >= 4 is 28.2 Å². The second-order valence-corrected chi connectivity index (χ2v) is 6.26. The van der Waals surface area contributed by atoms with Crippen LogP contribution < -0.4 is 5.32 Å². The number of halogens is 1. The average Bonchev–Trinajstić information content (AvgIpc) is 2.50. The van der Waals surface area contributed by atoms with E-state index in [9.17, 15) is 0 Å². The summed E-state index contributed by atoms with van der Waals surface area (Å²) in [6, 6.07) is 8.09. The number of nitrogens with one attached hydrogen (secondary N) is 1. The van der Waals surface area contributed by atoms with Crippen LogP contribution in [0.2, 0.25) is 0 Å². The van der Waals surface area contributed by atoms with Gasteiger partial charge in [0.05, 0.1) is 22.9 Å². The third-order valence-corrected chi connectivity index (χ3v) is 4.95. The zero-order valence-electron chi connectivity index (χ0n) is 11.8. The Kier molecular flexibility index (Phi) is 3.79. The number of hydrogen-bond donors (Lipinski definition) is 1. The standard InChI is InChI=1S/C16H20ClN3/c1-12-6-8-16(11-17,9-7-12)19-15-10-18-20-14-5-3-2-4-13(14)15/h2-5,10,12H,6-9,11H2,1H3,(H,19,20). The van der Waals surface area contributed by atoms with Crippen molar-refractivity contribution in [2.24, 2.45) is 5.92 Å². The summed E-state index contributed by atoms with van der Waals surface area (Å²) in [6.45, 7) is 2.32. The normalized spacial score (nSPS) is 26.6. The number of fused-ring (bicyclic) bond motifs is 1. The van der Waals surface area contributed by atoms with Crippen LogP contribution in [0.5, 0.6) is 0 Å². The fourth-order valence-electron chi connectivity index (χ4n) is 3.00. The fourth-order valence-corrected chi connectivity index (χ4v) is 3.33. The molecular weight excluding hydrogens is 270 g/mol. The summed E-state index contributed by atoms with van der Waals surface area (Å²) >= 11 is 6.29. The first-order valence-electron chi connectivity index (χ1n) is 7.27. The van der Waals surface area contributed by atoms with Gasteiger partial charge in [0.2, 0.25) is 0 Å². The first-order chi connectivity index (χ1) is 9.72. The minimum absolute atomic E-state index is 0.000129. The van der Waals surface area contributed by atoms with Crippen LogP contribution in [0.3, 0.4) is 0 Å². The van der Waals surface area contributed by atoms with Gasteiger partial charge in [-0.1, -0.05) is 25.1 Å². The summed E-state index contributed by atoms with van der Waals surface area (Å²) in [5.41, 5.74) is 1.97. The maximum absolute atomic E-state index is 6.29. The smallest absolute Gasteiger partial charge is 0.0950 e. The Morgan fingerprint density at radius 2 is 2.05 bits per heavy atom. The zero-order valence-corrected chi connectivity index (χ0v) is 12.5. The number of anilines is 1. The fraction of sp³-hybridized carbons (Fsp3) is 0.500. The summed E-state index contributed by atoms with van der Waals surface area (Å²) in [5.74, 6) is 1.44. The first kappa shape index (κ1) is 13.6. The molecule has 3 rings (SSSR count). The van der Waals surface area contributed by atoms with Crippen LogP contribution in [0.25, 0.3) is 10.9 Å². The van der Waals surface area contributed by atoms with Crippen molar-refractivity contribution in [3.63, 3.8) is 0 Å². The molecule has 0 radical (unpaired) electrons. The molecule has 0 atom stereocenters. The molecule has 0 saturated heterocycles. The number of alkyl halides is 1. The van der Waals surface area contributed by atoms with Gasteiger partial charge in [-0.2, -0.15) is 10.2 Å². The lowest BCUT2D eigenvalue weighted by Gasteiger charge is -2.39. The average molecular weight is 290 g/mol. The monoisotopic (exact) mass is 289 g/mol. The van der Waals surface area contributed by atoms with Gasteiger partial charge < -0.3 is 5.32 Å². The van der Waals surface area contributed by atoms with E-state index < -0.39 is 0 Å². The molecule has 1 aromatic heterocycles. The highest BCUT2D eigenvalue weighted by Gasteiger charge is 2.33. The van der Waals surface area contributed by atoms with E-state index in [4.69, 9.17) is 11.6 Å². The SMILES string of the molecule is CC1CCC(CCl)(Nc2cnnc3ccccc23)CC1. The Hall–Kier alpha value is -1.35. The lowest BCUT2D eigenvalue weighted by Crippen LogP contribution is -2.43. The number of aromatic nitrogens is 2. The van der Waals surface area contributed by atoms with Crippen LogP contribution >= 0.6 is 11.6 Å². The van der Waals surface area contributed by atoms with E-state index in [1.807, 2.05) is 24.4 Å². The molecule has 4 heteroatoms. The van der Waals surface area contributed by atoms with Gasteiger partial charge in [0.25, 0.3) is 0 Å². The summed E-state index contributed by atoms with van der Waals surface area (Å²) in [4.78, 5) is 0. The first-order valence-corrected chi connectivity index (χ1v) is 7.80. The molecule has 1 saturated carbocycles. The molecule has 106 valence electrons. The molecule has 0 amide bonds. The summed E-state index contributed by atoms with van der Waals surface area (Å²) in [5, 5.41) is 13.1. The third kappa shape index (κ3) is 2.59. The maximum Gasteiger partial charge on any atom is 0.0950 e. The minimum atomic E-state index is -0.000129. The van der Waals surface area contributed by atoms with Gasteiger partial charge in [-0.25, -0.2) is 0 Å². The number of nitrogens with zero attached hydrogens (tertiary/aromatic N) is 2. The minimum Gasteiger partial charge on any atom is -0.377 e. The second-order valence-electron chi connectivity index (χ2n) is 6.00. The van der Waals surface area contributed by atoms with E-state index in [2.05, 4.69) is 28.5 Å². The molecule has 1 heterocycles. The van der Waals surface area contributed by atoms with Gasteiger partial charge in [0.15, 0.2) is 0 Å². The van der Waals surface area contributed by atoms with Crippen molar-refractivity contribution in [3.05, 3.63) is 30.5 Å². The zero-order chi connectivity index (χ0) is 14.0. The number of benzene rings is 1. The molecule has 0 unspecified atom stereocenters. The van der Waals surface area contributed by atoms with E-state index in [0.29, 0.717) is 5.88 Å². The lowest BCUT2D eigenvalue weighted by atomic mass is 9.78. The molecule has 0 bridgehead atoms. The van der Waals surface area contributed by atoms with Crippen LogP contribution in [-0.4, -0.2) is 21.6 Å². The highest BCUT2D eigenvalue weighted by Crippen LogP contribution is 2.36. The summed E-state index contributed by atoms with van der Waals surface area (Å²) in [7, 11) is 0. The van der Waals surface area contributed by atoms with E-state index >= 15 is 0 Å². The van der Waals surface area contributed by atoms with Gasteiger partial charge in [0.1, 0.15) is 0 Å². The summed E-state index contributed by atoms with van der Waals surface area (Å²) < 4.78 is 0. The molecule has 0 spiro atoms. The highest BCUT2D eigenvalue weighted by atomic mass is 35.5. The summed E-state index contributed by atoms with van der Waals surface area (Å²) in [6.07, 6.45) is 6.52. The predicted octanol–water partition coefficient (Wildman–Crippen LogP) is 4.23. The topological polar surface area (TPSA) is 37.8 Å². The van der Waals surface area contributed by atoms with E-state index in [1.165, 1.54) is 12.8 Å². The Labute approximate surface area is 124 Å². The highest BCUT2D eigenvalue weighted by molar-refractivity contribution is 6.19. The van der Waals surface area contributed by atoms with E-state index in [-0.39, 0.29) is 5.54 Å². The van der Waals surface area contributed by atoms with Crippen molar-refractivity contribution in [2.45, 2.75) is 38.1 Å². The number of hydrogen-bond acceptors (Lipinski definition) is 3. The Morgan fingerprint density at radius 1 is 1.30 bits per heavy atom. The molecule has 1 aliphatic carbocycles. The molecule has 1 N–H and O–H groups in total. The van der Waals surface area contributed by atoms with Gasteiger partial charge in [-0.15, -0.1) is 11.6 Å². The van der Waals surface area contributed by atoms with Crippen molar-refractivity contribution < 1.29 is 0 Å². The molecule has 1 fully saturated rings. The molecule has 1 aliphatic rings. The lowest BCUT2D eigenvalue weighted by molar-refractivity contribution is 0.287.